The summed E-state index contributed by atoms with van der Waals surface area (Å²) < 4.78 is 5.26. The van der Waals surface area contributed by atoms with Gasteiger partial charge in [-0.1, -0.05) is 47.1 Å². The molecule has 2 heterocycles. The van der Waals surface area contributed by atoms with Crippen LogP contribution in [0.15, 0.2) is 59.3 Å². The highest BCUT2D eigenvalue weighted by Gasteiger charge is 2.21. The average Bonchev–Trinajstić information content (AvgIpc) is 3.26. The second-order valence-electron chi connectivity index (χ2n) is 6.34. The zero-order valence-corrected chi connectivity index (χ0v) is 15.5. The first-order valence-electron chi connectivity index (χ1n) is 8.69. The van der Waals surface area contributed by atoms with Gasteiger partial charge in [0.2, 0.25) is 0 Å². The van der Waals surface area contributed by atoms with E-state index in [9.17, 15) is 4.79 Å². The molecule has 0 aliphatic heterocycles. The molecule has 0 spiro atoms. The quantitative estimate of drug-likeness (QED) is 0.525. The van der Waals surface area contributed by atoms with Gasteiger partial charge in [0.05, 0.1) is 0 Å². The first-order chi connectivity index (χ1) is 13.1. The minimum Gasteiger partial charge on any atom is -0.361 e. The second-order valence-corrected chi connectivity index (χ2v) is 6.77. The molecule has 0 aliphatic carbocycles. The Balaban J connectivity index is 1.49. The fraction of sp³-hybridized carbons (Fsp3) is 0.143. The molecule has 136 valence electrons. The SMILES string of the molecule is Cc1onc(-c2ccccc2)c1C(=O)NCCc1c[nH]c2ccc(Cl)cc12. The van der Waals surface area contributed by atoms with Crippen molar-refractivity contribution >= 4 is 28.4 Å². The predicted octanol–water partition coefficient (Wildman–Crippen LogP) is 4.76. The summed E-state index contributed by atoms with van der Waals surface area (Å²) >= 11 is 6.09. The largest absolute Gasteiger partial charge is 0.361 e. The number of aryl methyl sites for hydroxylation is 1. The normalized spacial score (nSPS) is 11.0. The fourth-order valence-electron chi connectivity index (χ4n) is 3.19. The number of amides is 1. The summed E-state index contributed by atoms with van der Waals surface area (Å²) in [6, 6.07) is 15.3. The monoisotopic (exact) mass is 379 g/mol. The smallest absolute Gasteiger partial charge is 0.257 e. The van der Waals surface area contributed by atoms with Crippen LogP contribution >= 0.6 is 11.6 Å². The van der Waals surface area contributed by atoms with Gasteiger partial charge < -0.3 is 14.8 Å². The highest BCUT2D eigenvalue weighted by molar-refractivity contribution is 6.31. The Kier molecular flexibility index (Phi) is 4.69. The molecule has 0 atom stereocenters. The summed E-state index contributed by atoms with van der Waals surface area (Å²) in [6.07, 6.45) is 2.64. The summed E-state index contributed by atoms with van der Waals surface area (Å²) in [7, 11) is 0. The molecule has 4 rings (SSSR count). The topological polar surface area (TPSA) is 70.9 Å². The van der Waals surface area contributed by atoms with Gasteiger partial charge in [0.1, 0.15) is 17.0 Å². The molecule has 0 radical (unpaired) electrons. The summed E-state index contributed by atoms with van der Waals surface area (Å²) in [5.74, 6) is 0.315. The van der Waals surface area contributed by atoms with Crippen molar-refractivity contribution in [1.29, 1.82) is 0 Å². The molecule has 6 heteroatoms. The molecular formula is C21H18ClN3O2. The number of halogens is 1. The Morgan fingerprint density at radius 3 is 2.85 bits per heavy atom. The molecule has 2 aromatic carbocycles. The van der Waals surface area contributed by atoms with E-state index in [0.29, 0.717) is 35.0 Å². The van der Waals surface area contributed by atoms with Gasteiger partial charge >= 0.3 is 0 Å². The van der Waals surface area contributed by atoms with Crippen LogP contribution in [0, 0.1) is 6.92 Å². The zero-order valence-electron chi connectivity index (χ0n) is 14.8. The van der Waals surface area contributed by atoms with E-state index in [4.69, 9.17) is 16.1 Å². The van der Waals surface area contributed by atoms with Crippen molar-refractivity contribution in [1.82, 2.24) is 15.5 Å². The van der Waals surface area contributed by atoms with Crippen LogP contribution in [0.2, 0.25) is 5.02 Å². The third-order valence-corrected chi connectivity index (χ3v) is 4.78. The average molecular weight is 380 g/mol. The number of H-pyrrole nitrogens is 1. The number of hydrogen-bond acceptors (Lipinski definition) is 3. The van der Waals surface area contributed by atoms with E-state index in [1.165, 1.54) is 0 Å². The number of carbonyl (C=O) groups excluding carboxylic acids is 1. The van der Waals surface area contributed by atoms with Crippen LogP contribution in [0.3, 0.4) is 0 Å². The molecule has 0 saturated heterocycles. The van der Waals surface area contributed by atoms with Crippen molar-refractivity contribution in [3.63, 3.8) is 0 Å². The van der Waals surface area contributed by atoms with Crippen LogP contribution in [0.5, 0.6) is 0 Å². The maximum absolute atomic E-state index is 12.7. The predicted molar refractivity (Wildman–Crippen MR) is 106 cm³/mol. The first kappa shape index (κ1) is 17.4. The molecule has 1 amide bonds. The first-order valence-corrected chi connectivity index (χ1v) is 9.06. The van der Waals surface area contributed by atoms with Crippen LogP contribution in [0.4, 0.5) is 0 Å². The highest BCUT2D eigenvalue weighted by Crippen LogP contribution is 2.25. The van der Waals surface area contributed by atoms with E-state index in [1.807, 2.05) is 54.7 Å². The van der Waals surface area contributed by atoms with E-state index in [1.54, 1.807) is 6.92 Å². The Hall–Kier alpha value is -3.05. The molecule has 0 aliphatic rings. The Labute approximate surface area is 161 Å². The third kappa shape index (κ3) is 3.46. The Morgan fingerprint density at radius 1 is 1.22 bits per heavy atom. The van der Waals surface area contributed by atoms with Gasteiger partial charge in [-0.3, -0.25) is 4.79 Å². The van der Waals surface area contributed by atoms with Gasteiger partial charge in [-0.25, -0.2) is 0 Å². The van der Waals surface area contributed by atoms with E-state index >= 15 is 0 Å². The van der Waals surface area contributed by atoms with Crippen molar-refractivity contribution in [2.45, 2.75) is 13.3 Å². The van der Waals surface area contributed by atoms with E-state index in [-0.39, 0.29) is 5.91 Å². The Morgan fingerprint density at radius 2 is 2.04 bits per heavy atom. The number of benzene rings is 2. The number of nitrogens with one attached hydrogen (secondary N) is 2. The molecule has 2 aromatic heterocycles. The lowest BCUT2D eigenvalue weighted by Crippen LogP contribution is -2.26. The van der Waals surface area contributed by atoms with Crippen molar-refractivity contribution in [2.75, 3.05) is 6.54 Å². The molecule has 0 unspecified atom stereocenters. The van der Waals surface area contributed by atoms with Crippen molar-refractivity contribution in [3.05, 3.63) is 76.6 Å². The Bertz CT molecular complexity index is 1100. The molecule has 5 nitrogen and oxygen atoms in total. The summed E-state index contributed by atoms with van der Waals surface area (Å²) in [5.41, 5.74) is 4.03. The maximum atomic E-state index is 12.7. The number of carbonyl (C=O) groups is 1. The van der Waals surface area contributed by atoms with Gasteiger partial charge in [0.25, 0.3) is 5.91 Å². The van der Waals surface area contributed by atoms with E-state index < -0.39 is 0 Å². The van der Waals surface area contributed by atoms with Crippen molar-refractivity contribution in [2.24, 2.45) is 0 Å². The van der Waals surface area contributed by atoms with E-state index in [2.05, 4.69) is 15.5 Å². The molecule has 4 aromatic rings. The van der Waals surface area contributed by atoms with Crippen LogP contribution < -0.4 is 5.32 Å². The lowest BCUT2D eigenvalue weighted by molar-refractivity contribution is 0.0953. The summed E-state index contributed by atoms with van der Waals surface area (Å²) in [5, 5.41) is 8.79. The summed E-state index contributed by atoms with van der Waals surface area (Å²) in [6.45, 7) is 2.24. The van der Waals surface area contributed by atoms with Gasteiger partial charge in [-0.15, -0.1) is 0 Å². The minimum atomic E-state index is -0.189. The van der Waals surface area contributed by atoms with Crippen LogP contribution in [-0.4, -0.2) is 22.6 Å². The lowest BCUT2D eigenvalue weighted by atomic mass is 10.1. The van der Waals surface area contributed by atoms with Crippen LogP contribution in [0.25, 0.3) is 22.2 Å². The van der Waals surface area contributed by atoms with Gasteiger partial charge in [-0.2, -0.15) is 0 Å². The number of rotatable bonds is 5. The highest BCUT2D eigenvalue weighted by atomic mass is 35.5. The molecule has 0 saturated carbocycles. The van der Waals surface area contributed by atoms with Crippen molar-refractivity contribution in [3.8, 4) is 11.3 Å². The molecule has 0 fully saturated rings. The number of hydrogen-bond donors (Lipinski definition) is 2. The molecule has 0 bridgehead atoms. The maximum Gasteiger partial charge on any atom is 0.257 e. The molecule has 2 N–H and O–H groups in total. The minimum absolute atomic E-state index is 0.189. The van der Waals surface area contributed by atoms with E-state index in [0.717, 1.165) is 22.0 Å². The van der Waals surface area contributed by atoms with Gasteiger partial charge in [-0.05, 0) is 37.1 Å². The molecular weight excluding hydrogens is 362 g/mol. The second kappa shape index (κ2) is 7.29. The van der Waals surface area contributed by atoms with Crippen molar-refractivity contribution < 1.29 is 9.32 Å². The zero-order chi connectivity index (χ0) is 18.8. The fourth-order valence-corrected chi connectivity index (χ4v) is 3.36. The van der Waals surface area contributed by atoms with Gasteiger partial charge in [0.15, 0.2) is 0 Å². The molecule has 27 heavy (non-hydrogen) atoms. The third-order valence-electron chi connectivity index (χ3n) is 4.55. The van der Waals surface area contributed by atoms with Crippen LogP contribution in [-0.2, 0) is 6.42 Å². The number of fused-ring (bicyclic) bond motifs is 1. The standard InChI is InChI=1S/C21H18ClN3O2/c1-13-19(20(25-27-13)14-5-3-2-4-6-14)21(26)23-10-9-15-12-24-18-8-7-16(22)11-17(15)18/h2-8,11-12,24H,9-10H2,1H3,(H,23,26). The lowest BCUT2D eigenvalue weighted by Gasteiger charge is -2.06. The number of aromatic amines is 1. The number of aromatic nitrogens is 2. The number of nitrogens with zero attached hydrogens (tertiary/aromatic N) is 1. The van der Waals surface area contributed by atoms with Crippen LogP contribution in [0.1, 0.15) is 21.7 Å². The summed E-state index contributed by atoms with van der Waals surface area (Å²) in [4.78, 5) is 16.0. The van der Waals surface area contributed by atoms with Gasteiger partial charge in [0, 0.05) is 34.2 Å².